The van der Waals surface area contributed by atoms with Crippen molar-refractivity contribution in [2.45, 2.75) is 38.3 Å². The summed E-state index contributed by atoms with van der Waals surface area (Å²) in [6.07, 6.45) is 3.34. The molecule has 0 aromatic heterocycles. The van der Waals surface area contributed by atoms with Gasteiger partial charge in [0, 0.05) is 30.6 Å². The molecule has 8 heteroatoms. The van der Waals surface area contributed by atoms with E-state index < -0.39 is 6.61 Å². The van der Waals surface area contributed by atoms with Crippen LogP contribution >= 0.6 is 0 Å². The number of hydrogen-bond donors (Lipinski definition) is 1. The number of carbonyl (C=O) groups is 2. The number of likely N-dealkylation sites (tertiary alicyclic amines) is 1. The van der Waals surface area contributed by atoms with Gasteiger partial charge in [0.1, 0.15) is 0 Å². The van der Waals surface area contributed by atoms with Gasteiger partial charge in [-0.05, 0) is 43.9 Å². The van der Waals surface area contributed by atoms with E-state index in [9.17, 15) is 18.4 Å². The lowest BCUT2D eigenvalue weighted by atomic mass is 10.0. The summed E-state index contributed by atoms with van der Waals surface area (Å²) in [4.78, 5) is 26.2. The lowest BCUT2D eigenvalue weighted by Gasteiger charge is -2.32. The Hall–Kier alpha value is -2.38. The first-order valence-electron chi connectivity index (χ1n) is 8.70. The number of ether oxygens (including phenoxy) is 2. The highest BCUT2D eigenvalue weighted by atomic mass is 19.3. The molecular weight excluding hydrogens is 346 g/mol. The molecule has 0 unspecified atom stereocenters. The zero-order chi connectivity index (χ0) is 18.7. The minimum absolute atomic E-state index is 0.0859. The lowest BCUT2D eigenvalue weighted by Crippen LogP contribution is -2.46. The summed E-state index contributed by atoms with van der Waals surface area (Å²) in [5, 5.41) is 3.04. The molecule has 1 aromatic rings. The Bertz CT molecular complexity index is 671. The Labute approximate surface area is 150 Å². The molecule has 1 aliphatic carbocycles. The Kier molecular flexibility index (Phi) is 5.58. The Morgan fingerprint density at radius 1 is 1.15 bits per heavy atom. The average molecular weight is 368 g/mol. The third-order valence-electron chi connectivity index (χ3n) is 4.70. The van der Waals surface area contributed by atoms with Crippen molar-refractivity contribution in [2.75, 3.05) is 20.2 Å². The number of amides is 2. The van der Waals surface area contributed by atoms with Gasteiger partial charge in [-0.25, -0.2) is 0 Å². The maximum atomic E-state index is 12.6. The number of alkyl halides is 2. The van der Waals surface area contributed by atoms with Crippen molar-refractivity contribution in [3.8, 4) is 11.5 Å². The van der Waals surface area contributed by atoms with E-state index in [0.717, 1.165) is 12.8 Å². The van der Waals surface area contributed by atoms with Crippen molar-refractivity contribution in [1.82, 2.24) is 10.2 Å². The van der Waals surface area contributed by atoms with Crippen LogP contribution in [0.2, 0.25) is 0 Å². The molecule has 6 nitrogen and oxygen atoms in total. The van der Waals surface area contributed by atoms with Gasteiger partial charge in [0.15, 0.2) is 11.5 Å². The topological polar surface area (TPSA) is 67.9 Å². The van der Waals surface area contributed by atoms with Gasteiger partial charge in [0.2, 0.25) is 5.91 Å². The molecule has 1 N–H and O–H groups in total. The molecule has 0 atom stereocenters. The summed E-state index contributed by atoms with van der Waals surface area (Å²) in [6.45, 7) is -1.90. The van der Waals surface area contributed by atoms with Crippen LogP contribution in [-0.4, -0.2) is 49.6 Å². The van der Waals surface area contributed by atoms with E-state index in [1.54, 1.807) is 4.90 Å². The summed E-state index contributed by atoms with van der Waals surface area (Å²) in [7, 11) is 1.33. The second-order valence-electron chi connectivity index (χ2n) is 6.59. The van der Waals surface area contributed by atoms with Gasteiger partial charge in [0.05, 0.1) is 7.11 Å². The number of hydrogen-bond acceptors (Lipinski definition) is 4. The number of methoxy groups -OCH3 is 1. The van der Waals surface area contributed by atoms with Gasteiger partial charge < -0.3 is 19.7 Å². The molecule has 26 heavy (non-hydrogen) atoms. The highest BCUT2D eigenvalue weighted by Gasteiger charge is 2.32. The first-order valence-corrected chi connectivity index (χ1v) is 8.70. The van der Waals surface area contributed by atoms with E-state index in [0.29, 0.717) is 31.5 Å². The second-order valence-corrected chi connectivity index (χ2v) is 6.59. The van der Waals surface area contributed by atoms with Crippen molar-refractivity contribution in [1.29, 1.82) is 0 Å². The smallest absolute Gasteiger partial charge is 0.387 e. The van der Waals surface area contributed by atoms with Crippen LogP contribution < -0.4 is 14.8 Å². The number of carbonyl (C=O) groups excluding carboxylic acids is 2. The van der Waals surface area contributed by atoms with Gasteiger partial charge in [-0.15, -0.1) is 0 Å². The summed E-state index contributed by atoms with van der Waals surface area (Å²) < 4.78 is 34.2. The van der Waals surface area contributed by atoms with E-state index >= 15 is 0 Å². The number of rotatable bonds is 6. The molecule has 1 saturated heterocycles. The van der Waals surface area contributed by atoms with E-state index in [1.165, 1.54) is 25.3 Å². The lowest BCUT2D eigenvalue weighted by molar-refractivity contribution is -0.123. The largest absolute Gasteiger partial charge is 0.493 e. The van der Waals surface area contributed by atoms with Gasteiger partial charge in [-0.3, -0.25) is 9.59 Å². The molecular formula is C18H22F2N2O4. The molecule has 0 spiro atoms. The van der Waals surface area contributed by atoms with Crippen LogP contribution in [-0.2, 0) is 4.79 Å². The maximum absolute atomic E-state index is 12.6. The fraction of sp³-hybridized carbons (Fsp3) is 0.556. The molecule has 0 radical (unpaired) electrons. The highest BCUT2D eigenvalue weighted by molar-refractivity contribution is 5.95. The maximum Gasteiger partial charge on any atom is 0.387 e. The van der Waals surface area contributed by atoms with Crippen molar-refractivity contribution < 1.29 is 27.8 Å². The van der Waals surface area contributed by atoms with Crippen molar-refractivity contribution >= 4 is 11.8 Å². The minimum atomic E-state index is -2.96. The summed E-state index contributed by atoms with van der Waals surface area (Å²) in [6, 6.07) is 4.26. The predicted octanol–water partition coefficient (Wildman–Crippen LogP) is 2.43. The molecule has 0 bridgehead atoms. The van der Waals surface area contributed by atoms with Crippen LogP contribution in [0.5, 0.6) is 11.5 Å². The molecule has 142 valence electrons. The van der Waals surface area contributed by atoms with Crippen LogP contribution in [0.3, 0.4) is 0 Å². The van der Waals surface area contributed by atoms with Crippen LogP contribution in [0, 0.1) is 5.92 Å². The summed E-state index contributed by atoms with van der Waals surface area (Å²) in [5.74, 6) is 0.0763. The third-order valence-corrected chi connectivity index (χ3v) is 4.70. The van der Waals surface area contributed by atoms with Crippen molar-refractivity contribution in [3.63, 3.8) is 0 Å². The zero-order valence-corrected chi connectivity index (χ0v) is 14.5. The monoisotopic (exact) mass is 368 g/mol. The van der Waals surface area contributed by atoms with Crippen LogP contribution in [0.25, 0.3) is 0 Å². The normalized spacial score (nSPS) is 17.9. The number of halogens is 2. The quantitative estimate of drug-likeness (QED) is 0.837. The molecule has 1 heterocycles. The summed E-state index contributed by atoms with van der Waals surface area (Å²) >= 11 is 0. The summed E-state index contributed by atoms with van der Waals surface area (Å²) in [5.41, 5.74) is 0.351. The van der Waals surface area contributed by atoms with Gasteiger partial charge in [-0.1, -0.05) is 0 Å². The fourth-order valence-corrected chi connectivity index (χ4v) is 3.07. The van der Waals surface area contributed by atoms with Crippen LogP contribution in [0.1, 0.15) is 36.0 Å². The van der Waals surface area contributed by atoms with E-state index in [2.05, 4.69) is 10.1 Å². The standard InChI is InChI=1S/C18H22F2N2O4/c1-25-15-10-12(4-5-14(15)26-18(19)20)17(24)22-8-6-13(7-9-22)21-16(23)11-2-3-11/h4-5,10-11,13,18H,2-3,6-9H2,1H3,(H,21,23). The van der Waals surface area contributed by atoms with Crippen LogP contribution in [0.15, 0.2) is 18.2 Å². The number of benzene rings is 1. The zero-order valence-electron chi connectivity index (χ0n) is 14.5. The number of piperidine rings is 1. The number of nitrogens with one attached hydrogen (secondary N) is 1. The van der Waals surface area contributed by atoms with E-state index in [1.807, 2.05) is 0 Å². The highest BCUT2D eigenvalue weighted by Crippen LogP contribution is 2.31. The molecule has 3 rings (SSSR count). The Morgan fingerprint density at radius 2 is 1.85 bits per heavy atom. The van der Waals surface area contributed by atoms with E-state index in [-0.39, 0.29) is 35.3 Å². The number of nitrogens with zero attached hydrogens (tertiary/aromatic N) is 1. The Morgan fingerprint density at radius 3 is 2.42 bits per heavy atom. The molecule has 1 saturated carbocycles. The van der Waals surface area contributed by atoms with Crippen molar-refractivity contribution in [2.24, 2.45) is 5.92 Å². The minimum Gasteiger partial charge on any atom is -0.493 e. The third kappa shape index (κ3) is 4.42. The van der Waals surface area contributed by atoms with Gasteiger partial charge in [0.25, 0.3) is 5.91 Å². The van der Waals surface area contributed by atoms with E-state index in [4.69, 9.17) is 4.74 Å². The average Bonchev–Trinajstić information content (AvgIpc) is 3.47. The van der Waals surface area contributed by atoms with Crippen molar-refractivity contribution in [3.05, 3.63) is 23.8 Å². The molecule has 1 aromatic carbocycles. The first-order chi connectivity index (χ1) is 12.5. The molecule has 2 fully saturated rings. The molecule has 2 aliphatic rings. The first kappa shape index (κ1) is 18.4. The van der Waals surface area contributed by atoms with Gasteiger partial charge in [-0.2, -0.15) is 8.78 Å². The Balaban J connectivity index is 1.58. The SMILES string of the molecule is COc1cc(C(=O)N2CCC(NC(=O)C3CC3)CC2)ccc1OC(F)F. The molecule has 2 amide bonds. The second kappa shape index (κ2) is 7.88. The van der Waals surface area contributed by atoms with Crippen LogP contribution in [0.4, 0.5) is 8.78 Å². The van der Waals surface area contributed by atoms with Gasteiger partial charge >= 0.3 is 6.61 Å². The molecule has 1 aliphatic heterocycles. The predicted molar refractivity (Wildman–Crippen MR) is 89.4 cm³/mol. The fourth-order valence-electron chi connectivity index (χ4n) is 3.07.